The molecule has 2 aliphatic rings. The van der Waals surface area contributed by atoms with Crippen molar-refractivity contribution in [3.63, 3.8) is 0 Å². The van der Waals surface area contributed by atoms with Crippen LogP contribution in [0.4, 0.5) is 4.79 Å². The topological polar surface area (TPSA) is 59.0 Å². The Morgan fingerprint density at radius 1 is 1.26 bits per heavy atom. The van der Waals surface area contributed by atoms with Crippen molar-refractivity contribution >= 4 is 6.09 Å². The fraction of sp³-hybridized carbons (Fsp3) is 0.944. The molecule has 2 saturated heterocycles. The maximum absolute atomic E-state index is 12.4. The number of nitrogens with zero attached hydrogens (tertiary/aromatic N) is 1. The van der Waals surface area contributed by atoms with Gasteiger partial charge < -0.3 is 19.5 Å². The lowest BCUT2D eigenvalue weighted by Crippen LogP contribution is -2.52. The molecule has 5 nitrogen and oxygen atoms in total. The Morgan fingerprint density at radius 2 is 1.87 bits per heavy atom. The van der Waals surface area contributed by atoms with Gasteiger partial charge >= 0.3 is 6.09 Å². The molecule has 3 unspecified atom stereocenters. The van der Waals surface area contributed by atoms with E-state index >= 15 is 0 Å². The summed E-state index contributed by atoms with van der Waals surface area (Å²) < 4.78 is 11.7. The molecule has 5 heteroatoms. The Kier molecular flexibility index (Phi) is 4.77. The molecule has 23 heavy (non-hydrogen) atoms. The van der Waals surface area contributed by atoms with Crippen LogP contribution in [0.3, 0.4) is 0 Å². The number of amides is 1. The highest BCUT2D eigenvalue weighted by Crippen LogP contribution is 2.47. The molecule has 0 aromatic heterocycles. The average Bonchev–Trinajstić information content (AvgIpc) is 2.55. The molecule has 2 fully saturated rings. The van der Waals surface area contributed by atoms with E-state index in [2.05, 4.69) is 27.7 Å². The third-order valence-electron chi connectivity index (χ3n) is 4.93. The van der Waals surface area contributed by atoms with Crippen LogP contribution in [-0.2, 0) is 9.47 Å². The Labute approximate surface area is 140 Å². The second-order valence-electron chi connectivity index (χ2n) is 9.22. The second kappa shape index (κ2) is 5.92. The molecule has 1 N–H and O–H groups in total. The smallest absolute Gasteiger partial charge is 0.410 e. The standard InChI is InChI=1S/C18H33NO4/c1-16(2,3)22-15(21)19-9-8-14(20)12(11-19)13-10-17(4,5)23-18(13,6)7/h12-14,20H,8-11H2,1-7H3. The molecule has 0 aromatic carbocycles. The van der Waals surface area contributed by atoms with E-state index in [1.54, 1.807) is 4.90 Å². The molecule has 3 atom stereocenters. The number of rotatable bonds is 1. The van der Waals surface area contributed by atoms with Gasteiger partial charge in [-0.1, -0.05) is 0 Å². The molecule has 2 aliphatic heterocycles. The number of hydrogen-bond acceptors (Lipinski definition) is 4. The summed E-state index contributed by atoms with van der Waals surface area (Å²) in [5.74, 6) is 0.241. The van der Waals surface area contributed by atoms with Gasteiger partial charge in [0, 0.05) is 19.0 Å². The zero-order valence-electron chi connectivity index (χ0n) is 15.7. The van der Waals surface area contributed by atoms with E-state index in [1.807, 2.05) is 20.8 Å². The summed E-state index contributed by atoms with van der Waals surface area (Å²) in [6, 6.07) is 0. The molecule has 2 heterocycles. The van der Waals surface area contributed by atoms with Crippen molar-refractivity contribution in [1.82, 2.24) is 4.90 Å². The Balaban J connectivity index is 2.11. The molecule has 0 bridgehead atoms. The maximum Gasteiger partial charge on any atom is 0.410 e. The minimum atomic E-state index is -0.500. The Hall–Kier alpha value is -0.810. The van der Waals surface area contributed by atoms with Gasteiger partial charge in [0.15, 0.2) is 0 Å². The monoisotopic (exact) mass is 327 g/mol. The van der Waals surface area contributed by atoms with Crippen molar-refractivity contribution in [1.29, 1.82) is 0 Å². The molecule has 2 rings (SSSR count). The first kappa shape index (κ1) is 18.5. The van der Waals surface area contributed by atoms with Gasteiger partial charge in [-0.05, 0) is 67.2 Å². The van der Waals surface area contributed by atoms with Crippen LogP contribution >= 0.6 is 0 Å². The number of carbonyl (C=O) groups is 1. The summed E-state index contributed by atoms with van der Waals surface area (Å²) in [6.07, 6.45) is 0.807. The number of aliphatic hydroxyl groups is 1. The highest BCUT2D eigenvalue weighted by molar-refractivity contribution is 5.68. The van der Waals surface area contributed by atoms with Crippen molar-refractivity contribution in [2.45, 2.75) is 84.2 Å². The zero-order chi connectivity index (χ0) is 17.6. The molecule has 1 amide bonds. The van der Waals surface area contributed by atoms with Crippen LogP contribution in [0, 0.1) is 11.8 Å². The first-order chi connectivity index (χ1) is 10.3. The number of likely N-dealkylation sites (tertiary alicyclic amines) is 1. The fourth-order valence-electron chi connectivity index (χ4n) is 4.13. The van der Waals surface area contributed by atoms with Gasteiger partial charge in [-0.15, -0.1) is 0 Å². The molecular formula is C18H33NO4. The van der Waals surface area contributed by atoms with Crippen LogP contribution in [0.1, 0.15) is 61.3 Å². The molecular weight excluding hydrogens is 294 g/mol. The number of ether oxygens (including phenoxy) is 2. The van der Waals surface area contributed by atoms with E-state index in [-0.39, 0.29) is 29.1 Å². The first-order valence-electron chi connectivity index (χ1n) is 8.67. The van der Waals surface area contributed by atoms with E-state index in [0.29, 0.717) is 19.5 Å². The summed E-state index contributed by atoms with van der Waals surface area (Å²) >= 11 is 0. The van der Waals surface area contributed by atoms with Crippen molar-refractivity contribution in [3.05, 3.63) is 0 Å². The third kappa shape index (κ3) is 4.38. The van der Waals surface area contributed by atoms with E-state index in [9.17, 15) is 9.90 Å². The Morgan fingerprint density at radius 3 is 2.35 bits per heavy atom. The first-order valence-corrected chi connectivity index (χ1v) is 8.67. The van der Waals surface area contributed by atoms with E-state index in [0.717, 1.165) is 6.42 Å². The highest BCUT2D eigenvalue weighted by Gasteiger charge is 2.52. The van der Waals surface area contributed by atoms with Crippen molar-refractivity contribution in [2.75, 3.05) is 13.1 Å². The maximum atomic E-state index is 12.4. The summed E-state index contributed by atoms with van der Waals surface area (Å²) in [5, 5.41) is 10.5. The van der Waals surface area contributed by atoms with Gasteiger partial charge in [0.1, 0.15) is 5.60 Å². The predicted molar refractivity (Wildman–Crippen MR) is 89.3 cm³/mol. The SMILES string of the molecule is CC(C)(C)OC(=O)N1CCC(O)C(C2CC(C)(C)OC2(C)C)C1. The minimum Gasteiger partial charge on any atom is -0.444 e. The molecule has 0 radical (unpaired) electrons. The van der Waals surface area contributed by atoms with Crippen molar-refractivity contribution < 1.29 is 19.4 Å². The zero-order valence-corrected chi connectivity index (χ0v) is 15.7. The number of aliphatic hydroxyl groups excluding tert-OH is 1. The normalized spacial score (nSPS) is 33.6. The van der Waals surface area contributed by atoms with Crippen LogP contribution < -0.4 is 0 Å². The molecule has 0 saturated carbocycles. The number of carbonyl (C=O) groups excluding carboxylic acids is 1. The number of piperidine rings is 1. The molecule has 134 valence electrons. The predicted octanol–water partition coefficient (Wildman–Crippen LogP) is 3.20. The van der Waals surface area contributed by atoms with E-state index in [1.165, 1.54) is 0 Å². The van der Waals surface area contributed by atoms with Gasteiger partial charge in [0.2, 0.25) is 0 Å². The largest absolute Gasteiger partial charge is 0.444 e. The second-order valence-corrected chi connectivity index (χ2v) is 9.22. The summed E-state index contributed by atoms with van der Waals surface area (Å²) in [6.45, 7) is 15.1. The van der Waals surface area contributed by atoms with Crippen molar-refractivity contribution in [3.8, 4) is 0 Å². The van der Waals surface area contributed by atoms with Crippen LogP contribution in [0.5, 0.6) is 0 Å². The van der Waals surface area contributed by atoms with Crippen LogP contribution in [0.15, 0.2) is 0 Å². The van der Waals surface area contributed by atoms with Crippen LogP contribution in [0.25, 0.3) is 0 Å². The van der Waals surface area contributed by atoms with E-state index in [4.69, 9.17) is 9.47 Å². The van der Waals surface area contributed by atoms with Gasteiger partial charge in [-0.3, -0.25) is 0 Å². The van der Waals surface area contributed by atoms with Gasteiger partial charge in [-0.2, -0.15) is 0 Å². The average molecular weight is 327 g/mol. The van der Waals surface area contributed by atoms with Crippen molar-refractivity contribution in [2.24, 2.45) is 11.8 Å². The van der Waals surface area contributed by atoms with Crippen LogP contribution in [-0.4, -0.2) is 52.1 Å². The number of hydrogen-bond donors (Lipinski definition) is 1. The van der Waals surface area contributed by atoms with Gasteiger partial charge in [-0.25, -0.2) is 4.79 Å². The van der Waals surface area contributed by atoms with Gasteiger partial charge in [0.05, 0.1) is 17.3 Å². The van der Waals surface area contributed by atoms with Crippen LogP contribution in [0.2, 0.25) is 0 Å². The fourth-order valence-corrected chi connectivity index (χ4v) is 4.13. The molecule has 0 spiro atoms. The quantitative estimate of drug-likeness (QED) is 0.803. The minimum absolute atomic E-state index is 0.0213. The molecule has 0 aromatic rings. The molecule has 0 aliphatic carbocycles. The highest BCUT2D eigenvalue weighted by atomic mass is 16.6. The summed E-state index contributed by atoms with van der Waals surface area (Å²) in [4.78, 5) is 14.1. The summed E-state index contributed by atoms with van der Waals surface area (Å²) in [7, 11) is 0. The van der Waals surface area contributed by atoms with Gasteiger partial charge in [0.25, 0.3) is 0 Å². The Bertz CT molecular complexity index is 452. The van der Waals surface area contributed by atoms with E-state index < -0.39 is 11.7 Å². The summed E-state index contributed by atoms with van der Waals surface area (Å²) in [5.41, 5.74) is -0.992. The lowest BCUT2D eigenvalue weighted by atomic mass is 9.73. The lowest BCUT2D eigenvalue weighted by molar-refractivity contribution is -0.0955. The third-order valence-corrected chi connectivity index (χ3v) is 4.93. The lowest BCUT2D eigenvalue weighted by Gasteiger charge is -2.42.